The summed E-state index contributed by atoms with van der Waals surface area (Å²) < 4.78 is 38.6. The number of hydrogen-bond donors (Lipinski definition) is 3. The lowest BCUT2D eigenvalue weighted by Gasteiger charge is -2.24. The Morgan fingerprint density at radius 1 is 1.17 bits per heavy atom. The maximum Gasteiger partial charge on any atom is 0.471 e. The van der Waals surface area contributed by atoms with Gasteiger partial charge in [0.05, 0.1) is 7.11 Å². The fraction of sp³-hybridized carbons (Fsp3) is 0.467. The number of rotatable bonds is 16. The van der Waals surface area contributed by atoms with E-state index in [-0.39, 0.29) is 30.0 Å². The highest BCUT2D eigenvalue weighted by Gasteiger charge is 2.23. The molecule has 226 valence electrons. The van der Waals surface area contributed by atoms with Crippen LogP contribution in [-0.2, 0) is 17.6 Å². The van der Waals surface area contributed by atoms with Crippen molar-refractivity contribution in [3.63, 3.8) is 0 Å². The van der Waals surface area contributed by atoms with E-state index in [9.17, 15) is 18.8 Å². The van der Waals surface area contributed by atoms with Gasteiger partial charge in [0, 0.05) is 56.0 Å². The molecule has 1 aliphatic rings. The number of pyridine rings is 1. The molecule has 0 unspecified atom stereocenters. The van der Waals surface area contributed by atoms with Crippen molar-refractivity contribution in [1.82, 2.24) is 14.9 Å². The smallest absolute Gasteiger partial charge is 0.471 e. The number of carbonyl (C=O) groups is 1. The summed E-state index contributed by atoms with van der Waals surface area (Å²) in [6.45, 7) is 4.44. The number of benzene rings is 1. The molecule has 3 heterocycles. The number of Topliss-reactive ketones (excluding diaryl/α,β-unsaturated/α-hetero) is 1. The van der Waals surface area contributed by atoms with Gasteiger partial charge in [0.15, 0.2) is 5.78 Å². The first-order valence-corrected chi connectivity index (χ1v) is 14.3. The van der Waals surface area contributed by atoms with Crippen LogP contribution in [0.4, 0.5) is 20.4 Å². The maximum absolute atomic E-state index is 13.6. The largest absolute Gasteiger partial charge is 0.492 e. The Hall–Kier alpha value is -4.06. The Morgan fingerprint density at radius 3 is 2.74 bits per heavy atom. The van der Waals surface area contributed by atoms with Gasteiger partial charge < -0.3 is 20.0 Å². The number of fused-ring (bicyclic) bond motifs is 1. The van der Waals surface area contributed by atoms with Gasteiger partial charge in [-0.25, -0.2) is 13.8 Å². The van der Waals surface area contributed by atoms with Crippen LogP contribution in [0.5, 0.6) is 11.8 Å². The highest BCUT2D eigenvalue weighted by atomic mass is 19.1. The number of ether oxygens (including phenoxy) is 2. The number of nitrogens with zero attached hydrogens (tertiary/aromatic N) is 4. The molecule has 1 aromatic carbocycles. The molecule has 3 N–H and O–H groups in total. The summed E-state index contributed by atoms with van der Waals surface area (Å²) in [5.74, 6) is -0.0948. The van der Waals surface area contributed by atoms with E-state index in [4.69, 9.17) is 14.5 Å². The molecule has 0 saturated heterocycles. The van der Waals surface area contributed by atoms with Gasteiger partial charge in [-0.15, -0.1) is 0 Å². The van der Waals surface area contributed by atoms with E-state index in [1.165, 1.54) is 25.8 Å². The van der Waals surface area contributed by atoms with Gasteiger partial charge in [-0.05, 0) is 61.9 Å². The maximum atomic E-state index is 13.6. The normalized spacial score (nSPS) is 13.3. The molecule has 0 fully saturated rings. The number of aryl methyl sites for hydroxylation is 2. The molecule has 10 nitrogen and oxygen atoms in total. The second kappa shape index (κ2) is 15.2. The van der Waals surface area contributed by atoms with Crippen molar-refractivity contribution in [2.75, 3.05) is 50.5 Å². The highest BCUT2D eigenvalue weighted by Crippen LogP contribution is 2.20. The van der Waals surface area contributed by atoms with Crippen LogP contribution in [0, 0.1) is 11.6 Å². The number of nitrogens with one attached hydrogen (secondary N) is 2. The van der Waals surface area contributed by atoms with Crippen LogP contribution in [0.25, 0.3) is 0 Å². The summed E-state index contributed by atoms with van der Waals surface area (Å²) in [4.78, 5) is 23.3. The monoisotopic (exact) mass is 585 g/mol. The average Bonchev–Trinajstić information content (AvgIpc) is 2.97. The van der Waals surface area contributed by atoms with Crippen LogP contribution in [0.15, 0.2) is 42.6 Å². The molecule has 0 amide bonds. The molecule has 0 spiro atoms. The van der Waals surface area contributed by atoms with Crippen LogP contribution >= 0.6 is 0 Å². The fourth-order valence-electron chi connectivity index (χ4n) is 4.91. The number of anilines is 2. The minimum Gasteiger partial charge on any atom is -0.492 e. The average molecular weight is 586 g/mol. The summed E-state index contributed by atoms with van der Waals surface area (Å²) in [7, 11) is 1.39. The fourth-order valence-corrected chi connectivity index (χ4v) is 4.91. The third kappa shape index (κ3) is 8.97. The third-order valence-corrected chi connectivity index (χ3v) is 7.18. The van der Waals surface area contributed by atoms with Crippen molar-refractivity contribution in [1.29, 1.82) is 0 Å². The number of hydrogen-bond acceptors (Lipinski definition) is 9. The number of aromatic nitrogens is 3. The first-order chi connectivity index (χ1) is 20.3. The SMILES string of the molecule is COc1nccc(N[C@@H](CCN(CCCCc2ccc3c(n2)NCCC3)CCOc2cc(F)cc(F)c2)C(C)=O)[n+]1O. The molecule has 0 radical (unpaired) electrons. The molecule has 4 rings (SSSR count). The van der Waals surface area contributed by atoms with Crippen molar-refractivity contribution in [2.24, 2.45) is 0 Å². The second-order valence-corrected chi connectivity index (χ2v) is 10.3. The Balaban J connectivity index is 1.34. The molecule has 12 heteroatoms. The number of unbranched alkanes of at least 4 members (excludes halogenated alkanes) is 1. The summed E-state index contributed by atoms with van der Waals surface area (Å²) in [5.41, 5.74) is 2.32. The number of ketones is 1. The predicted molar refractivity (Wildman–Crippen MR) is 153 cm³/mol. The van der Waals surface area contributed by atoms with Gasteiger partial charge >= 0.3 is 6.01 Å². The van der Waals surface area contributed by atoms with E-state index in [0.29, 0.717) is 19.5 Å². The minimum atomic E-state index is -0.697. The molecule has 2 aromatic heterocycles. The highest BCUT2D eigenvalue weighted by molar-refractivity contribution is 5.83. The van der Waals surface area contributed by atoms with Crippen LogP contribution in [-0.4, -0.2) is 71.8 Å². The molecular weight excluding hydrogens is 546 g/mol. The third-order valence-electron chi connectivity index (χ3n) is 7.18. The van der Waals surface area contributed by atoms with E-state index >= 15 is 0 Å². The lowest BCUT2D eigenvalue weighted by molar-refractivity contribution is -0.897. The first-order valence-electron chi connectivity index (χ1n) is 14.3. The van der Waals surface area contributed by atoms with Crippen molar-refractivity contribution in [3.05, 3.63) is 65.5 Å². The van der Waals surface area contributed by atoms with Crippen molar-refractivity contribution in [2.45, 2.75) is 51.5 Å². The van der Waals surface area contributed by atoms with Gasteiger partial charge in [-0.3, -0.25) is 15.0 Å². The lowest BCUT2D eigenvalue weighted by Crippen LogP contribution is -2.42. The molecule has 3 aromatic rings. The molecule has 1 aliphatic heterocycles. The molecule has 1 atom stereocenters. The summed E-state index contributed by atoms with van der Waals surface area (Å²) in [6, 6.07) is 8.31. The quantitative estimate of drug-likeness (QED) is 0.131. The number of methoxy groups -OCH3 is 1. The van der Waals surface area contributed by atoms with Gasteiger partial charge in [0.2, 0.25) is 0 Å². The van der Waals surface area contributed by atoms with Crippen LogP contribution in [0.3, 0.4) is 0 Å². The van der Waals surface area contributed by atoms with Gasteiger partial charge in [-0.2, -0.15) is 0 Å². The molecule has 0 aliphatic carbocycles. The van der Waals surface area contributed by atoms with Crippen molar-refractivity contribution >= 4 is 17.4 Å². The van der Waals surface area contributed by atoms with Gasteiger partial charge in [0.1, 0.15) is 42.0 Å². The van der Waals surface area contributed by atoms with Crippen LogP contribution in [0.1, 0.15) is 43.9 Å². The summed E-state index contributed by atoms with van der Waals surface area (Å²) in [5, 5.41) is 16.8. The van der Waals surface area contributed by atoms with Gasteiger partial charge in [0.25, 0.3) is 5.82 Å². The van der Waals surface area contributed by atoms with Gasteiger partial charge in [-0.1, -0.05) is 11.1 Å². The zero-order chi connectivity index (χ0) is 29.9. The predicted octanol–water partition coefficient (Wildman–Crippen LogP) is 3.81. The Kier molecular flexibility index (Phi) is 11.2. The zero-order valence-electron chi connectivity index (χ0n) is 24.1. The van der Waals surface area contributed by atoms with Crippen LogP contribution < -0.4 is 24.8 Å². The number of carbonyl (C=O) groups excluding carboxylic acids is 1. The van der Waals surface area contributed by atoms with E-state index in [1.807, 2.05) is 0 Å². The first kappa shape index (κ1) is 30.9. The molecular formula is C30H39F2N6O4+. The zero-order valence-corrected chi connectivity index (χ0v) is 24.1. The molecule has 0 saturated carbocycles. The Bertz CT molecular complexity index is 1320. The molecule has 0 bridgehead atoms. The van der Waals surface area contributed by atoms with Crippen LogP contribution in [0.2, 0.25) is 0 Å². The van der Waals surface area contributed by atoms with E-state index in [1.54, 1.807) is 6.07 Å². The number of halogens is 2. The molecule has 42 heavy (non-hydrogen) atoms. The van der Waals surface area contributed by atoms with Crippen molar-refractivity contribution in [3.8, 4) is 11.8 Å². The summed E-state index contributed by atoms with van der Waals surface area (Å²) in [6.07, 6.45) is 6.76. The summed E-state index contributed by atoms with van der Waals surface area (Å²) >= 11 is 0. The second-order valence-electron chi connectivity index (χ2n) is 10.3. The van der Waals surface area contributed by atoms with Crippen molar-refractivity contribution < 1.29 is 33.0 Å². The Morgan fingerprint density at radius 2 is 1.98 bits per heavy atom. The lowest BCUT2D eigenvalue weighted by atomic mass is 10.1. The topological polar surface area (TPSA) is 113 Å². The Labute approximate surface area is 244 Å². The van der Waals surface area contributed by atoms with E-state index in [0.717, 1.165) is 79.6 Å². The standard InChI is InChI=1S/C30H38F2N6O4/c1-21(39)27(36-28-10-13-34-30(41-2)38(28)40)11-15-37(16-17-42-26-19-23(31)18-24(32)20-26)14-4-3-7-25-9-8-22-6-5-12-33-29(22)35-25/h8-10,13,18-20,27,40H,3-7,11-12,14-17H2,1-2H3,(H,33,35)/p+1/t27-/m0/s1. The minimum absolute atomic E-state index is 0.0148. The van der Waals surface area contributed by atoms with E-state index < -0.39 is 17.7 Å². The van der Waals surface area contributed by atoms with E-state index in [2.05, 4.69) is 32.7 Å².